The van der Waals surface area contributed by atoms with Gasteiger partial charge in [0.05, 0.1) is 27.2 Å². The molecule has 1 aliphatic heterocycles. The summed E-state index contributed by atoms with van der Waals surface area (Å²) in [6.07, 6.45) is 5.09. The molecule has 1 fully saturated rings. The van der Waals surface area contributed by atoms with E-state index in [9.17, 15) is 0 Å². The van der Waals surface area contributed by atoms with E-state index >= 15 is 0 Å². The van der Waals surface area contributed by atoms with Gasteiger partial charge < -0.3 is 33.4 Å². The third-order valence-corrected chi connectivity index (χ3v) is 6.23. The summed E-state index contributed by atoms with van der Waals surface area (Å²) < 4.78 is 1.17. The summed E-state index contributed by atoms with van der Waals surface area (Å²) in [5.41, 5.74) is 4.48. The number of benzene rings is 2. The second-order valence-corrected chi connectivity index (χ2v) is 8.12. The largest absolute Gasteiger partial charge is 1.00 e. The van der Waals surface area contributed by atoms with E-state index in [0.717, 1.165) is 6.04 Å². The van der Waals surface area contributed by atoms with Crippen LogP contribution < -0.4 is 28.9 Å². The van der Waals surface area contributed by atoms with Crippen molar-refractivity contribution in [1.29, 1.82) is 0 Å². The van der Waals surface area contributed by atoms with Gasteiger partial charge in [0, 0.05) is 24.6 Å². The number of halogens is 1. The van der Waals surface area contributed by atoms with Gasteiger partial charge in [0.25, 0.3) is 0 Å². The molecule has 0 saturated carbocycles. The zero-order valence-electron chi connectivity index (χ0n) is 15.4. The maximum absolute atomic E-state index is 2.70. The van der Waals surface area contributed by atoms with Gasteiger partial charge in [-0.15, -0.1) is 0 Å². The number of rotatable bonds is 4. The SMILES string of the molecule is C[N+]1(C)CCCC1CN(c1ccccc1)C1Cc2ccccc2C1.[I-]. The minimum atomic E-state index is 0. The number of anilines is 1. The standard InChI is InChI=1S/C22H29N2.HI/c1-24(2)14-8-13-22(24)17-23(20-11-4-3-5-12-20)21-15-18-9-6-7-10-19(18)16-21;/h3-7,9-12,21-22H,8,13-17H2,1-2H3;1H/q+1;/p-1. The minimum absolute atomic E-state index is 0. The van der Waals surface area contributed by atoms with Gasteiger partial charge in [-0.05, 0) is 36.1 Å². The monoisotopic (exact) mass is 448 g/mol. The smallest absolute Gasteiger partial charge is 0.107 e. The van der Waals surface area contributed by atoms with Crippen LogP contribution in [0.5, 0.6) is 0 Å². The lowest BCUT2D eigenvalue weighted by molar-refractivity contribution is -0.900. The van der Waals surface area contributed by atoms with Gasteiger partial charge in [0.2, 0.25) is 0 Å². The lowest BCUT2D eigenvalue weighted by atomic mass is 10.1. The number of para-hydroxylation sites is 1. The molecule has 2 nitrogen and oxygen atoms in total. The van der Waals surface area contributed by atoms with Crippen LogP contribution in [0.2, 0.25) is 0 Å². The van der Waals surface area contributed by atoms with E-state index in [-0.39, 0.29) is 24.0 Å². The molecular formula is C22H29IN2. The Morgan fingerprint density at radius 2 is 1.52 bits per heavy atom. The van der Waals surface area contributed by atoms with E-state index in [2.05, 4.69) is 73.6 Å². The molecule has 0 bridgehead atoms. The summed E-state index contributed by atoms with van der Waals surface area (Å²) in [4.78, 5) is 2.70. The molecule has 1 unspecified atom stereocenters. The number of likely N-dealkylation sites (tertiary alicyclic amines) is 1. The Labute approximate surface area is 169 Å². The summed E-state index contributed by atoms with van der Waals surface area (Å²) >= 11 is 0. The first-order chi connectivity index (χ1) is 11.6. The molecule has 134 valence electrons. The predicted molar refractivity (Wildman–Crippen MR) is 101 cm³/mol. The maximum Gasteiger partial charge on any atom is 0.107 e. The van der Waals surface area contributed by atoms with Crippen molar-refractivity contribution in [3.63, 3.8) is 0 Å². The van der Waals surface area contributed by atoms with Crippen molar-refractivity contribution in [2.75, 3.05) is 32.1 Å². The molecule has 3 heteroatoms. The molecule has 0 aromatic heterocycles. The van der Waals surface area contributed by atoms with Crippen LogP contribution in [0.1, 0.15) is 24.0 Å². The predicted octanol–water partition coefficient (Wildman–Crippen LogP) is 0.903. The highest BCUT2D eigenvalue weighted by Crippen LogP contribution is 2.31. The van der Waals surface area contributed by atoms with Crippen molar-refractivity contribution in [2.45, 2.75) is 37.8 Å². The van der Waals surface area contributed by atoms with Crippen LogP contribution in [0.4, 0.5) is 5.69 Å². The molecule has 2 aromatic carbocycles. The topological polar surface area (TPSA) is 3.24 Å². The highest BCUT2D eigenvalue weighted by Gasteiger charge is 2.37. The summed E-state index contributed by atoms with van der Waals surface area (Å²) in [6.45, 7) is 2.49. The normalized spacial score (nSPS) is 21.6. The molecule has 0 spiro atoms. The van der Waals surface area contributed by atoms with Gasteiger partial charge in [-0.3, -0.25) is 0 Å². The van der Waals surface area contributed by atoms with Crippen LogP contribution in [0.15, 0.2) is 54.6 Å². The highest BCUT2D eigenvalue weighted by atomic mass is 127. The Morgan fingerprint density at radius 3 is 2.08 bits per heavy atom. The molecule has 0 radical (unpaired) electrons. The number of quaternary nitrogens is 1. The average Bonchev–Trinajstić information content (AvgIpc) is 3.16. The summed E-state index contributed by atoms with van der Waals surface area (Å²) in [5, 5.41) is 0. The lowest BCUT2D eigenvalue weighted by Gasteiger charge is -2.38. The molecule has 0 amide bonds. The Bertz CT molecular complexity index is 673. The summed E-state index contributed by atoms with van der Waals surface area (Å²) in [7, 11) is 4.81. The van der Waals surface area contributed by atoms with Gasteiger partial charge >= 0.3 is 0 Å². The maximum atomic E-state index is 2.70. The van der Waals surface area contributed by atoms with E-state index in [0.29, 0.717) is 6.04 Å². The molecule has 1 saturated heterocycles. The Morgan fingerprint density at radius 1 is 0.920 bits per heavy atom. The number of fused-ring (bicyclic) bond motifs is 1. The van der Waals surface area contributed by atoms with Crippen LogP contribution in [-0.4, -0.2) is 43.8 Å². The fourth-order valence-electron chi connectivity index (χ4n) is 4.65. The Kier molecular flexibility index (Phi) is 5.74. The molecule has 1 aliphatic carbocycles. The first-order valence-electron chi connectivity index (χ1n) is 9.35. The lowest BCUT2D eigenvalue weighted by Crippen LogP contribution is -3.00. The van der Waals surface area contributed by atoms with Gasteiger partial charge in [0.1, 0.15) is 6.04 Å². The van der Waals surface area contributed by atoms with E-state index in [4.69, 9.17) is 0 Å². The van der Waals surface area contributed by atoms with Crippen LogP contribution >= 0.6 is 0 Å². The number of likely N-dealkylation sites (N-methyl/N-ethyl adjacent to an activating group) is 1. The molecule has 25 heavy (non-hydrogen) atoms. The molecular weight excluding hydrogens is 419 g/mol. The Hall–Kier alpha value is -1.07. The second-order valence-electron chi connectivity index (χ2n) is 8.12. The second kappa shape index (κ2) is 7.67. The fourth-order valence-corrected chi connectivity index (χ4v) is 4.65. The van der Waals surface area contributed by atoms with E-state index in [1.54, 1.807) is 11.1 Å². The van der Waals surface area contributed by atoms with Crippen LogP contribution in [0, 0.1) is 0 Å². The zero-order valence-corrected chi connectivity index (χ0v) is 17.5. The van der Waals surface area contributed by atoms with Crippen LogP contribution in [0.25, 0.3) is 0 Å². The van der Waals surface area contributed by atoms with Crippen LogP contribution in [0.3, 0.4) is 0 Å². The first-order valence-corrected chi connectivity index (χ1v) is 9.35. The van der Waals surface area contributed by atoms with Crippen molar-refractivity contribution in [1.82, 2.24) is 0 Å². The molecule has 1 atom stereocenters. The van der Waals surface area contributed by atoms with Crippen molar-refractivity contribution in [2.24, 2.45) is 0 Å². The molecule has 0 N–H and O–H groups in total. The van der Waals surface area contributed by atoms with Gasteiger partial charge in [-0.1, -0.05) is 42.5 Å². The van der Waals surface area contributed by atoms with E-state index < -0.39 is 0 Å². The van der Waals surface area contributed by atoms with Gasteiger partial charge in [-0.25, -0.2) is 0 Å². The highest BCUT2D eigenvalue weighted by molar-refractivity contribution is 5.50. The van der Waals surface area contributed by atoms with Crippen molar-refractivity contribution in [3.8, 4) is 0 Å². The van der Waals surface area contributed by atoms with Crippen molar-refractivity contribution < 1.29 is 28.5 Å². The Balaban J connectivity index is 0.00000182. The van der Waals surface area contributed by atoms with E-state index in [1.807, 2.05) is 0 Å². The minimum Gasteiger partial charge on any atom is -1.00 e. The van der Waals surface area contributed by atoms with Crippen LogP contribution in [-0.2, 0) is 12.8 Å². The van der Waals surface area contributed by atoms with E-state index in [1.165, 1.54) is 48.9 Å². The zero-order chi connectivity index (χ0) is 16.6. The quantitative estimate of drug-likeness (QED) is 0.497. The summed E-state index contributed by atoms with van der Waals surface area (Å²) in [6, 6.07) is 21.4. The van der Waals surface area contributed by atoms with Crippen molar-refractivity contribution in [3.05, 3.63) is 65.7 Å². The number of hydrogen-bond acceptors (Lipinski definition) is 1. The molecule has 4 rings (SSSR count). The molecule has 2 aliphatic rings. The summed E-state index contributed by atoms with van der Waals surface area (Å²) in [5.74, 6) is 0. The third kappa shape index (κ3) is 3.87. The third-order valence-electron chi connectivity index (χ3n) is 6.23. The van der Waals surface area contributed by atoms with Gasteiger partial charge in [0.15, 0.2) is 0 Å². The first kappa shape index (κ1) is 18.7. The molecule has 1 heterocycles. The van der Waals surface area contributed by atoms with Gasteiger partial charge in [-0.2, -0.15) is 0 Å². The fraction of sp³-hybridized carbons (Fsp3) is 0.455. The molecule has 2 aromatic rings. The number of hydrogen-bond donors (Lipinski definition) is 0. The average molecular weight is 448 g/mol. The van der Waals surface area contributed by atoms with Crippen molar-refractivity contribution >= 4 is 5.69 Å². The number of nitrogens with zero attached hydrogens (tertiary/aromatic N) is 2.